The normalized spacial score (nSPS) is 13.7. The molecule has 0 spiro atoms. The predicted octanol–water partition coefficient (Wildman–Crippen LogP) is 20.6. The van der Waals surface area contributed by atoms with Gasteiger partial charge in [0.25, 0.3) is 0 Å². The lowest BCUT2D eigenvalue weighted by molar-refractivity contribution is 0.660. The highest BCUT2D eigenvalue weighted by atomic mass is 16.3. The van der Waals surface area contributed by atoms with Crippen molar-refractivity contribution >= 4 is 60.5 Å². The Labute approximate surface area is 443 Å². The minimum atomic E-state index is -0.225. The fraction of sp³-hybridized carbons (Fsp3) is 0.0811. The first-order valence-electron chi connectivity index (χ1n) is 26.6. The number of para-hydroxylation sites is 1. The maximum Gasteiger partial charge on any atom is 0.135 e. The number of hydrogen-bond acceptors (Lipinski definition) is 2. The lowest BCUT2D eigenvalue weighted by Gasteiger charge is -2.30. The number of furan rings is 1. The van der Waals surface area contributed by atoms with Gasteiger partial charge in [-0.2, -0.15) is 0 Å². The zero-order valence-corrected chi connectivity index (χ0v) is 43.0. The number of anilines is 3. The molecule has 15 rings (SSSR count). The van der Waals surface area contributed by atoms with Crippen molar-refractivity contribution in [1.82, 2.24) is 0 Å². The van der Waals surface area contributed by atoms with Crippen molar-refractivity contribution in [3.8, 4) is 66.8 Å². The Kier molecular flexibility index (Phi) is 9.69. The first-order valence-corrected chi connectivity index (χ1v) is 26.6. The SMILES string of the molecule is CC1(C)c2cc(-c3ccc4ccccc4c3)ccc2-c2ccc(N(c3ccc(-c4ccc(-c5ccc6oc7ccccc7c6c5)cc4)cc3)c3ccc4c(c3)C(C)(C)c3cc(-c5ccc6ccccc6c5)ccc3-4)cc21. The van der Waals surface area contributed by atoms with E-state index in [9.17, 15) is 0 Å². The van der Waals surface area contributed by atoms with E-state index in [0.717, 1.165) is 39.0 Å². The van der Waals surface area contributed by atoms with Gasteiger partial charge in [0.1, 0.15) is 11.2 Å². The van der Waals surface area contributed by atoms with Gasteiger partial charge in [-0.15, -0.1) is 0 Å². The van der Waals surface area contributed by atoms with Gasteiger partial charge in [-0.25, -0.2) is 0 Å². The number of rotatable bonds is 7. The van der Waals surface area contributed by atoms with Crippen molar-refractivity contribution in [3.05, 3.63) is 271 Å². The molecule has 360 valence electrons. The molecule has 0 bridgehead atoms. The molecule has 2 aliphatic rings. The van der Waals surface area contributed by atoms with Crippen LogP contribution >= 0.6 is 0 Å². The number of fused-ring (bicyclic) bond motifs is 11. The summed E-state index contributed by atoms with van der Waals surface area (Å²) in [4.78, 5) is 2.47. The monoisotopic (exact) mass is 971 g/mol. The van der Waals surface area contributed by atoms with Gasteiger partial charge in [-0.3, -0.25) is 0 Å². The number of hydrogen-bond donors (Lipinski definition) is 0. The third-order valence-corrected chi connectivity index (χ3v) is 17.1. The van der Waals surface area contributed by atoms with E-state index in [1.165, 1.54) is 111 Å². The number of nitrogens with zero attached hydrogens (tertiary/aromatic N) is 1. The standard InChI is InChI=1S/C74H53NO/c1-73(2)67-42-56(53-23-21-46-11-5-7-13-51(46)39-53)27-34-61(67)63-36-32-59(44-69(63)73)75(58-30-25-49(26-31-58)48-17-19-50(20-18-48)55-29-38-72-66(41-55)65-15-9-10-16-71(65)76-72)60-33-37-64-62-35-28-57(43-68(62)74(3,4)70(64)45-60)54-24-22-47-12-6-8-14-52(47)40-54/h5-45H,1-4H3. The molecule has 2 heteroatoms. The van der Waals surface area contributed by atoms with Crippen molar-refractivity contribution in [2.75, 3.05) is 4.90 Å². The third-order valence-electron chi connectivity index (χ3n) is 17.1. The van der Waals surface area contributed by atoms with Gasteiger partial charge in [0.05, 0.1) is 0 Å². The van der Waals surface area contributed by atoms with E-state index in [-0.39, 0.29) is 10.8 Å². The Balaban J connectivity index is 0.803. The molecule has 0 atom stereocenters. The van der Waals surface area contributed by atoms with E-state index in [2.05, 4.69) is 269 Å². The first kappa shape index (κ1) is 44.3. The van der Waals surface area contributed by atoms with Crippen molar-refractivity contribution in [2.24, 2.45) is 0 Å². The van der Waals surface area contributed by atoms with Gasteiger partial charge in [0, 0.05) is 38.7 Å². The van der Waals surface area contributed by atoms with Crippen LogP contribution in [-0.2, 0) is 10.8 Å². The lowest BCUT2D eigenvalue weighted by atomic mass is 9.81. The van der Waals surface area contributed by atoms with Crippen LogP contribution in [0.1, 0.15) is 49.9 Å². The van der Waals surface area contributed by atoms with Crippen molar-refractivity contribution in [1.29, 1.82) is 0 Å². The first-order chi connectivity index (χ1) is 37.1. The van der Waals surface area contributed by atoms with Crippen LogP contribution in [0.25, 0.3) is 110 Å². The summed E-state index contributed by atoms with van der Waals surface area (Å²) >= 11 is 0. The Morgan fingerprint density at radius 1 is 0.263 bits per heavy atom. The summed E-state index contributed by atoms with van der Waals surface area (Å²) in [5, 5.41) is 7.33. The summed E-state index contributed by atoms with van der Waals surface area (Å²) in [6.45, 7) is 9.59. The molecule has 0 saturated carbocycles. The molecule has 0 N–H and O–H groups in total. The average Bonchev–Trinajstić information content (AvgIpc) is 4.16. The summed E-state index contributed by atoms with van der Waals surface area (Å²) in [5.41, 5.74) is 25.1. The molecule has 2 nitrogen and oxygen atoms in total. The van der Waals surface area contributed by atoms with Crippen LogP contribution < -0.4 is 4.90 Å². The molecule has 1 heterocycles. The number of benzene rings is 12. The summed E-state index contributed by atoms with van der Waals surface area (Å²) in [6.07, 6.45) is 0. The van der Waals surface area contributed by atoms with Gasteiger partial charge in [0.15, 0.2) is 0 Å². The maximum absolute atomic E-state index is 6.14. The summed E-state index contributed by atoms with van der Waals surface area (Å²) < 4.78 is 6.14. The fourth-order valence-electron chi connectivity index (χ4n) is 12.8. The minimum absolute atomic E-state index is 0.225. The van der Waals surface area contributed by atoms with Crippen molar-refractivity contribution in [2.45, 2.75) is 38.5 Å². The van der Waals surface area contributed by atoms with E-state index in [1.807, 2.05) is 12.1 Å². The van der Waals surface area contributed by atoms with Crippen LogP contribution in [0.4, 0.5) is 17.1 Å². The highest BCUT2D eigenvalue weighted by Gasteiger charge is 2.38. The Morgan fingerprint density at radius 3 is 1.16 bits per heavy atom. The van der Waals surface area contributed by atoms with E-state index >= 15 is 0 Å². The second kappa shape index (κ2) is 16.6. The molecular formula is C74H53NO. The Bertz CT molecular complexity index is 4320. The molecule has 1 aromatic heterocycles. The molecule has 12 aromatic carbocycles. The largest absolute Gasteiger partial charge is 0.456 e. The van der Waals surface area contributed by atoms with Crippen LogP contribution in [0.5, 0.6) is 0 Å². The molecule has 0 amide bonds. The maximum atomic E-state index is 6.14. The van der Waals surface area contributed by atoms with Crippen molar-refractivity contribution < 1.29 is 4.42 Å². The highest BCUT2D eigenvalue weighted by molar-refractivity contribution is 6.06. The molecule has 13 aromatic rings. The van der Waals surface area contributed by atoms with Gasteiger partial charge in [-0.05, 0) is 189 Å². The molecule has 0 fully saturated rings. The van der Waals surface area contributed by atoms with E-state index in [0.29, 0.717) is 0 Å². The lowest BCUT2D eigenvalue weighted by Crippen LogP contribution is -2.18. The van der Waals surface area contributed by atoms with Gasteiger partial charge >= 0.3 is 0 Å². The Morgan fingerprint density at radius 2 is 0.618 bits per heavy atom. The topological polar surface area (TPSA) is 16.4 Å². The zero-order chi connectivity index (χ0) is 50.9. The molecular weight excluding hydrogens is 919 g/mol. The Hall–Kier alpha value is -9.24. The quantitative estimate of drug-likeness (QED) is 0.158. The molecule has 0 radical (unpaired) electrons. The molecule has 0 unspecified atom stereocenters. The third kappa shape index (κ3) is 6.94. The van der Waals surface area contributed by atoms with Crippen molar-refractivity contribution in [3.63, 3.8) is 0 Å². The second-order valence-corrected chi connectivity index (χ2v) is 22.1. The van der Waals surface area contributed by atoms with Crippen LogP contribution in [0.2, 0.25) is 0 Å². The smallest absolute Gasteiger partial charge is 0.135 e. The van der Waals surface area contributed by atoms with Gasteiger partial charge < -0.3 is 9.32 Å². The predicted molar refractivity (Wildman–Crippen MR) is 320 cm³/mol. The summed E-state index contributed by atoms with van der Waals surface area (Å²) in [7, 11) is 0. The van der Waals surface area contributed by atoms with Crippen LogP contribution in [-0.4, -0.2) is 0 Å². The molecule has 0 saturated heterocycles. The van der Waals surface area contributed by atoms with Crippen LogP contribution in [0.3, 0.4) is 0 Å². The fourth-order valence-corrected chi connectivity index (χ4v) is 12.8. The summed E-state index contributed by atoms with van der Waals surface area (Å²) in [6, 6.07) is 92.4. The molecule has 2 aliphatic carbocycles. The van der Waals surface area contributed by atoms with E-state index in [1.54, 1.807) is 0 Å². The van der Waals surface area contributed by atoms with E-state index in [4.69, 9.17) is 4.42 Å². The van der Waals surface area contributed by atoms with Crippen LogP contribution in [0.15, 0.2) is 253 Å². The zero-order valence-electron chi connectivity index (χ0n) is 43.0. The van der Waals surface area contributed by atoms with E-state index < -0.39 is 0 Å². The van der Waals surface area contributed by atoms with Crippen LogP contribution in [0, 0.1) is 0 Å². The van der Waals surface area contributed by atoms with Gasteiger partial charge in [-0.1, -0.05) is 198 Å². The second-order valence-electron chi connectivity index (χ2n) is 22.1. The summed E-state index contributed by atoms with van der Waals surface area (Å²) in [5.74, 6) is 0. The minimum Gasteiger partial charge on any atom is -0.456 e. The highest BCUT2D eigenvalue weighted by Crippen LogP contribution is 2.54. The molecule has 0 aliphatic heterocycles. The molecule has 76 heavy (non-hydrogen) atoms. The van der Waals surface area contributed by atoms with Gasteiger partial charge in [0.2, 0.25) is 0 Å². The average molecular weight is 972 g/mol.